The summed E-state index contributed by atoms with van der Waals surface area (Å²) in [6.45, 7) is 4.50. The van der Waals surface area contributed by atoms with Gasteiger partial charge in [0.25, 0.3) is 0 Å². The molecule has 0 spiro atoms. The van der Waals surface area contributed by atoms with Crippen molar-refractivity contribution in [3.05, 3.63) is 0 Å². The fourth-order valence-corrected chi connectivity index (χ4v) is 0.866. The van der Waals surface area contributed by atoms with Crippen LogP contribution < -0.4 is 49.5 Å². The number of hydrogen-bond acceptors (Lipinski definition) is 0. The summed E-state index contributed by atoms with van der Waals surface area (Å²) in [5.74, 6) is 0. The summed E-state index contributed by atoms with van der Waals surface area (Å²) in [6, 6.07) is 0. The first-order valence-electron chi connectivity index (χ1n) is 2.23. The molecule has 0 aliphatic rings. The summed E-state index contributed by atoms with van der Waals surface area (Å²) in [6.07, 6.45) is 0. The third-order valence-corrected chi connectivity index (χ3v) is 1.73. The van der Waals surface area contributed by atoms with Crippen molar-refractivity contribution in [3.8, 4) is 0 Å². The SMILES string of the molecule is C[CH2][Al+][CH2]C.[Cl-].[Cl-].[Cl-].[NH4+].[NH4+]. The molecule has 0 rings (SSSR count). The zero-order valence-electron chi connectivity index (χ0n) is 7.13. The van der Waals surface area contributed by atoms with Crippen molar-refractivity contribution in [2.24, 2.45) is 0 Å². The van der Waals surface area contributed by atoms with Gasteiger partial charge in [0.15, 0.2) is 0 Å². The molecular formula is C4H18AlCl3N2. The standard InChI is InChI=1S/2C2H5.Al.3ClH.2H3N/c2*1-2;;;;;;/h2*1H2,2H3;;3*1H;2*1H3/q;;+1;;;;;/p-1. The molecule has 8 N–H and O–H groups in total. The Morgan fingerprint density at radius 3 is 1.00 bits per heavy atom. The molecule has 0 saturated carbocycles. The fraction of sp³-hybridized carbons (Fsp3) is 1.00. The maximum Gasteiger partial charge on any atom is -0.369 e. The Hall–Kier alpha value is 1.32. The van der Waals surface area contributed by atoms with Crippen LogP contribution in [-0.2, 0) is 0 Å². The molecule has 0 unspecified atom stereocenters. The quantitative estimate of drug-likeness (QED) is 0.441. The van der Waals surface area contributed by atoms with Crippen LogP contribution in [0.2, 0.25) is 10.6 Å². The van der Waals surface area contributed by atoms with E-state index in [2.05, 4.69) is 13.8 Å². The first-order valence-corrected chi connectivity index (χ1v) is 3.86. The molecule has 0 aliphatic heterocycles. The molecule has 0 saturated heterocycles. The second-order valence-electron chi connectivity index (χ2n) is 1.11. The molecule has 10 heavy (non-hydrogen) atoms. The molecule has 0 atom stereocenters. The Kier molecular flexibility index (Phi) is 204. The largest absolute Gasteiger partial charge is 1.00 e. The summed E-state index contributed by atoms with van der Waals surface area (Å²) in [5, 5.41) is 2.85. The van der Waals surface area contributed by atoms with Gasteiger partial charge in [-0.15, -0.1) is 0 Å². The Labute approximate surface area is 89.0 Å². The van der Waals surface area contributed by atoms with E-state index >= 15 is 0 Å². The summed E-state index contributed by atoms with van der Waals surface area (Å²) < 4.78 is 0. The zero-order valence-corrected chi connectivity index (χ0v) is 10.5. The van der Waals surface area contributed by atoms with E-state index in [1.165, 1.54) is 10.6 Å². The van der Waals surface area contributed by atoms with Gasteiger partial charge in [0, 0.05) is 0 Å². The van der Waals surface area contributed by atoms with Crippen LogP contribution in [0.3, 0.4) is 0 Å². The van der Waals surface area contributed by atoms with Gasteiger partial charge in [-0.05, 0) is 0 Å². The second-order valence-corrected chi connectivity index (χ2v) is 3.32. The van der Waals surface area contributed by atoms with Crippen LogP contribution in [0.4, 0.5) is 0 Å². The maximum absolute atomic E-state index is 2.25. The second kappa shape index (κ2) is 48.0. The smallest absolute Gasteiger partial charge is 0.369 e. The molecule has 0 heterocycles. The molecule has 0 aromatic rings. The topological polar surface area (TPSA) is 73.0 Å². The zero-order chi connectivity index (χ0) is 4.12. The first-order chi connectivity index (χ1) is 2.41. The van der Waals surface area contributed by atoms with E-state index in [0.717, 1.165) is 15.2 Å². The maximum atomic E-state index is 2.25. The Balaban J connectivity index is -0.00000000800. The van der Waals surface area contributed by atoms with E-state index in [1.807, 2.05) is 0 Å². The summed E-state index contributed by atoms with van der Waals surface area (Å²) in [4.78, 5) is 0. The predicted octanol–water partition coefficient (Wildman–Crippen LogP) is -6.67. The molecule has 2 nitrogen and oxygen atoms in total. The van der Waals surface area contributed by atoms with E-state index in [9.17, 15) is 0 Å². The minimum atomic E-state index is 0. The van der Waals surface area contributed by atoms with Crippen LogP contribution in [0.25, 0.3) is 0 Å². The van der Waals surface area contributed by atoms with Gasteiger partial charge in [-0.2, -0.15) is 0 Å². The third kappa shape index (κ3) is 58.5. The van der Waals surface area contributed by atoms with Gasteiger partial charge in [0.05, 0.1) is 0 Å². The third-order valence-electron chi connectivity index (χ3n) is 0.577. The average molecular weight is 228 g/mol. The van der Waals surface area contributed by atoms with Crippen molar-refractivity contribution in [1.82, 2.24) is 12.3 Å². The normalized spacial score (nSPS) is 3.40. The Morgan fingerprint density at radius 1 is 0.800 bits per heavy atom. The minimum absolute atomic E-state index is 0. The summed E-state index contributed by atoms with van der Waals surface area (Å²) in [7, 11) is 0. The molecule has 6 heteroatoms. The van der Waals surface area contributed by atoms with Gasteiger partial charge in [0.1, 0.15) is 0 Å². The molecule has 0 fully saturated rings. The van der Waals surface area contributed by atoms with Crippen LogP contribution in [-0.4, -0.2) is 15.2 Å². The van der Waals surface area contributed by atoms with E-state index in [1.54, 1.807) is 0 Å². The van der Waals surface area contributed by atoms with Crippen molar-refractivity contribution in [3.63, 3.8) is 0 Å². The van der Waals surface area contributed by atoms with Crippen molar-refractivity contribution >= 4 is 15.2 Å². The van der Waals surface area contributed by atoms with Crippen LogP contribution >= 0.6 is 0 Å². The van der Waals surface area contributed by atoms with Gasteiger partial charge in [-0.3, -0.25) is 0 Å². The van der Waals surface area contributed by atoms with E-state index in [4.69, 9.17) is 0 Å². The average Bonchev–Trinajstić information content (AvgIpc) is 1.41. The molecule has 0 radical (unpaired) electrons. The van der Waals surface area contributed by atoms with Gasteiger partial charge in [-0.25, -0.2) is 0 Å². The summed E-state index contributed by atoms with van der Waals surface area (Å²) >= 11 is 0.815. The van der Waals surface area contributed by atoms with Gasteiger partial charge >= 0.3 is 39.6 Å². The van der Waals surface area contributed by atoms with Crippen LogP contribution in [0.15, 0.2) is 0 Å². The van der Waals surface area contributed by atoms with Crippen molar-refractivity contribution in [2.45, 2.75) is 24.4 Å². The molecule has 0 aliphatic carbocycles. The molecule has 0 bridgehead atoms. The number of halogens is 3. The van der Waals surface area contributed by atoms with E-state index in [0.29, 0.717) is 0 Å². The Morgan fingerprint density at radius 2 is 1.00 bits per heavy atom. The van der Waals surface area contributed by atoms with Crippen molar-refractivity contribution in [2.75, 3.05) is 0 Å². The van der Waals surface area contributed by atoms with E-state index in [-0.39, 0.29) is 49.5 Å². The van der Waals surface area contributed by atoms with Crippen molar-refractivity contribution < 1.29 is 37.2 Å². The van der Waals surface area contributed by atoms with Crippen LogP contribution in [0.1, 0.15) is 13.8 Å². The number of hydrogen-bond donors (Lipinski definition) is 2. The van der Waals surface area contributed by atoms with Crippen LogP contribution in [0.5, 0.6) is 0 Å². The summed E-state index contributed by atoms with van der Waals surface area (Å²) in [5.41, 5.74) is 0. The Bertz CT molecular complexity index is 26.0. The van der Waals surface area contributed by atoms with Crippen molar-refractivity contribution in [1.29, 1.82) is 0 Å². The molecule has 0 aromatic heterocycles. The monoisotopic (exact) mass is 226 g/mol. The molecule has 0 amide bonds. The molecule has 68 valence electrons. The molecular weight excluding hydrogens is 209 g/mol. The molecule has 0 aromatic carbocycles. The van der Waals surface area contributed by atoms with Gasteiger partial charge in [-0.1, -0.05) is 0 Å². The predicted molar refractivity (Wildman–Crippen MR) is 38.7 cm³/mol. The fourth-order valence-electron chi connectivity index (χ4n) is 0.289. The number of quaternary nitrogens is 2. The van der Waals surface area contributed by atoms with Gasteiger partial charge in [0.2, 0.25) is 0 Å². The number of rotatable bonds is 2. The first kappa shape index (κ1) is 42.6. The van der Waals surface area contributed by atoms with Gasteiger partial charge < -0.3 is 49.5 Å². The van der Waals surface area contributed by atoms with Crippen LogP contribution in [0, 0.1) is 0 Å². The van der Waals surface area contributed by atoms with E-state index < -0.39 is 0 Å². The minimum Gasteiger partial charge on any atom is -1.00 e.